The van der Waals surface area contributed by atoms with Crippen LogP contribution in [-0.2, 0) is 4.79 Å². The minimum Gasteiger partial charge on any atom is -0.329 e. The van der Waals surface area contributed by atoms with Crippen LogP contribution in [0.3, 0.4) is 0 Å². The van der Waals surface area contributed by atoms with Crippen LogP contribution in [0.5, 0.6) is 0 Å². The van der Waals surface area contributed by atoms with Gasteiger partial charge in [0.25, 0.3) is 0 Å². The molecule has 0 radical (unpaired) electrons. The molecule has 0 aromatic heterocycles. The molecule has 1 aliphatic rings. The van der Waals surface area contributed by atoms with Crippen molar-refractivity contribution in [3.63, 3.8) is 0 Å². The number of nitrogens with two attached hydrogens (primary N) is 1. The molecule has 1 aromatic rings. The van der Waals surface area contributed by atoms with Crippen molar-refractivity contribution in [1.82, 2.24) is 4.90 Å². The van der Waals surface area contributed by atoms with E-state index in [-0.39, 0.29) is 18.3 Å². The second-order valence-corrected chi connectivity index (χ2v) is 5.92. The molecule has 6 heteroatoms. The van der Waals surface area contributed by atoms with Gasteiger partial charge in [0.2, 0.25) is 5.91 Å². The molecule has 1 fully saturated rings. The number of nitrogens with zero attached hydrogens (tertiary/aromatic N) is 1. The van der Waals surface area contributed by atoms with Gasteiger partial charge in [-0.15, -0.1) is 12.4 Å². The van der Waals surface area contributed by atoms with Crippen molar-refractivity contribution in [1.29, 1.82) is 0 Å². The molecule has 0 bridgehead atoms. The number of halogens is 2. The highest BCUT2D eigenvalue weighted by Gasteiger charge is 2.33. The van der Waals surface area contributed by atoms with Gasteiger partial charge < -0.3 is 11.1 Å². The van der Waals surface area contributed by atoms with Gasteiger partial charge in [-0.1, -0.05) is 17.7 Å². The van der Waals surface area contributed by atoms with Gasteiger partial charge in [-0.05, 0) is 50.4 Å². The lowest BCUT2D eigenvalue weighted by Gasteiger charge is -2.26. The molecule has 4 nitrogen and oxygen atoms in total. The second kappa shape index (κ2) is 7.99. The van der Waals surface area contributed by atoms with Crippen molar-refractivity contribution < 1.29 is 4.79 Å². The van der Waals surface area contributed by atoms with Crippen LogP contribution >= 0.6 is 24.0 Å². The van der Waals surface area contributed by atoms with Crippen molar-refractivity contribution in [3.05, 3.63) is 28.8 Å². The SMILES string of the molecule is Cc1c(Cl)cccc1NC(=O)CN(C)C(CN)C1CC1.Cl. The number of anilines is 1. The van der Waals surface area contributed by atoms with Crippen molar-refractivity contribution in [2.45, 2.75) is 25.8 Å². The summed E-state index contributed by atoms with van der Waals surface area (Å²) in [4.78, 5) is 14.2. The normalized spacial score (nSPS) is 15.5. The first-order valence-electron chi connectivity index (χ1n) is 6.98. The highest BCUT2D eigenvalue weighted by atomic mass is 35.5. The van der Waals surface area contributed by atoms with Crippen LogP contribution in [0.4, 0.5) is 5.69 Å². The van der Waals surface area contributed by atoms with Gasteiger partial charge >= 0.3 is 0 Å². The molecule has 1 aromatic carbocycles. The summed E-state index contributed by atoms with van der Waals surface area (Å²) in [5.74, 6) is 0.627. The molecule has 21 heavy (non-hydrogen) atoms. The van der Waals surface area contributed by atoms with E-state index in [0.717, 1.165) is 11.3 Å². The summed E-state index contributed by atoms with van der Waals surface area (Å²) in [6, 6.07) is 5.82. The maximum absolute atomic E-state index is 12.1. The van der Waals surface area contributed by atoms with Crippen molar-refractivity contribution >= 4 is 35.6 Å². The first kappa shape index (κ1) is 18.2. The molecule has 2 rings (SSSR count). The zero-order chi connectivity index (χ0) is 14.7. The summed E-state index contributed by atoms with van der Waals surface area (Å²) >= 11 is 6.05. The third-order valence-electron chi connectivity index (χ3n) is 3.91. The quantitative estimate of drug-likeness (QED) is 0.842. The summed E-state index contributed by atoms with van der Waals surface area (Å²) in [5.41, 5.74) is 7.46. The molecule has 1 atom stereocenters. The Bertz CT molecular complexity index is 492. The Morgan fingerprint density at radius 2 is 2.19 bits per heavy atom. The van der Waals surface area contributed by atoms with Crippen molar-refractivity contribution in [2.75, 3.05) is 25.5 Å². The fourth-order valence-electron chi connectivity index (χ4n) is 2.49. The van der Waals surface area contributed by atoms with Crippen molar-refractivity contribution in [2.24, 2.45) is 11.7 Å². The summed E-state index contributed by atoms with van der Waals surface area (Å²) < 4.78 is 0. The van der Waals surface area contributed by atoms with Gasteiger partial charge in [0.05, 0.1) is 6.54 Å². The number of amides is 1. The van der Waals surface area contributed by atoms with Gasteiger partial charge in [-0.3, -0.25) is 9.69 Å². The molecule has 1 amide bonds. The standard InChI is InChI=1S/C15H22ClN3O.ClH/c1-10-12(16)4-3-5-13(10)18-15(20)9-19(2)14(8-17)11-6-7-11;/h3-5,11,14H,6-9,17H2,1-2H3,(H,18,20);1H. The fourth-order valence-corrected chi connectivity index (χ4v) is 2.66. The smallest absolute Gasteiger partial charge is 0.238 e. The average Bonchev–Trinajstić information content (AvgIpc) is 3.20. The molecule has 0 saturated heterocycles. The minimum absolute atomic E-state index is 0. The zero-order valence-electron chi connectivity index (χ0n) is 12.4. The van der Waals surface area contributed by atoms with Gasteiger partial charge in [-0.2, -0.15) is 0 Å². The van der Waals surface area contributed by atoms with E-state index in [2.05, 4.69) is 5.32 Å². The second-order valence-electron chi connectivity index (χ2n) is 5.52. The van der Waals surface area contributed by atoms with Crippen LogP contribution in [0, 0.1) is 12.8 Å². The first-order valence-corrected chi connectivity index (χ1v) is 7.36. The fraction of sp³-hybridized carbons (Fsp3) is 0.533. The highest BCUT2D eigenvalue weighted by Crippen LogP contribution is 2.34. The van der Waals surface area contributed by atoms with E-state index < -0.39 is 0 Å². The number of rotatable bonds is 6. The van der Waals surface area contributed by atoms with E-state index in [1.54, 1.807) is 0 Å². The maximum Gasteiger partial charge on any atom is 0.238 e. The molecule has 1 unspecified atom stereocenters. The highest BCUT2D eigenvalue weighted by molar-refractivity contribution is 6.31. The van der Waals surface area contributed by atoms with E-state index in [4.69, 9.17) is 17.3 Å². The first-order chi connectivity index (χ1) is 9.52. The third-order valence-corrected chi connectivity index (χ3v) is 4.32. The Labute approximate surface area is 137 Å². The Hall–Kier alpha value is -0.810. The number of hydrogen-bond acceptors (Lipinski definition) is 3. The molecule has 1 aliphatic carbocycles. The van der Waals surface area contributed by atoms with Gasteiger partial charge in [0.15, 0.2) is 0 Å². The minimum atomic E-state index is -0.0306. The Balaban J connectivity index is 0.00000220. The Kier molecular flexibility index (Phi) is 6.94. The third kappa shape index (κ3) is 4.85. The lowest BCUT2D eigenvalue weighted by atomic mass is 10.1. The van der Waals surface area contributed by atoms with Gasteiger partial charge in [0, 0.05) is 23.3 Å². The molecule has 1 saturated carbocycles. The lowest BCUT2D eigenvalue weighted by molar-refractivity contribution is -0.117. The zero-order valence-corrected chi connectivity index (χ0v) is 14.0. The molecule has 3 N–H and O–H groups in total. The molecule has 118 valence electrons. The summed E-state index contributed by atoms with van der Waals surface area (Å²) in [7, 11) is 1.96. The van der Waals surface area contributed by atoms with Crippen LogP contribution in [0.25, 0.3) is 0 Å². The molecular weight excluding hydrogens is 309 g/mol. The molecule has 0 aliphatic heterocycles. The number of likely N-dealkylation sites (N-methyl/N-ethyl adjacent to an activating group) is 1. The number of hydrogen-bond donors (Lipinski definition) is 2. The number of benzene rings is 1. The van der Waals surface area contributed by atoms with Crippen molar-refractivity contribution in [3.8, 4) is 0 Å². The van der Waals surface area contributed by atoms with Gasteiger partial charge in [-0.25, -0.2) is 0 Å². The van der Waals surface area contributed by atoms with Crippen LogP contribution in [0.1, 0.15) is 18.4 Å². The Morgan fingerprint density at radius 3 is 2.76 bits per heavy atom. The molecular formula is C15H23Cl2N3O. The van der Waals surface area contributed by atoms with Crippen LogP contribution in [-0.4, -0.2) is 37.0 Å². The van der Waals surface area contributed by atoms with E-state index in [1.807, 2.05) is 37.1 Å². The predicted molar refractivity (Wildman–Crippen MR) is 90.3 cm³/mol. The Morgan fingerprint density at radius 1 is 1.52 bits per heavy atom. The monoisotopic (exact) mass is 331 g/mol. The van der Waals surface area contributed by atoms with E-state index >= 15 is 0 Å². The number of carbonyl (C=O) groups excluding carboxylic acids is 1. The van der Waals surface area contributed by atoms with Gasteiger partial charge in [0.1, 0.15) is 0 Å². The largest absolute Gasteiger partial charge is 0.329 e. The maximum atomic E-state index is 12.1. The topological polar surface area (TPSA) is 58.4 Å². The lowest BCUT2D eigenvalue weighted by Crippen LogP contribution is -2.43. The van der Waals surface area contributed by atoms with E-state index in [1.165, 1.54) is 12.8 Å². The molecule has 0 heterocycles. The molecule has 0 spiro atoms. The van der Waals surface area contributed by atoms with E-state index in [0.29, 0.717) is 30.1 Å². The average molecular weight is 332 g/mol. The predicted octanol–water partition coefficient (Wildman–Crippen LogP) is 2.68. The number of carbonyl (C=O) groups is 1. The summed E-state index contributed by atoms with van der Waals surface area (Å²) in [6.07, 6.45) is 2.45. The number of nitrogens with one attached hydrogen (secondary N) is 1. The van der Waals surface area contributed by atoms with Crippen LogP contribution < -0.4 is 11.1 Å². The summed E-state index contributed by atoms with van der Waals surface area (Å²) in [5, 5.41) is 3.58. The van der Waals surface area contributed by atoms with Crippen LogP contribution in [0.15, 0.2) is 18.2 Å². The van der Waals surface area contributed by atoms with E-state index in [9.17, 15) is 4.79 Å². The summed E-state index contributed by atoms with van der Waals surface area (Å²) in [6.45, 7) is 2.85. The van der Waals surface area contributed by atoms with Crippen LogP contribution in [0.2, 0.25) is 5.02 Å².